The number of halogens is 1. The number of nitrogens with zero attached hydrogens (tertiary/aromatic N) is 1. The minimum Gasteiger partial charge on any atom is -0.355 e. The highest BCUT2D eigenvalue weighted by atomic mass is 19.1. The lowest BCUT2D eigenvalue weighted by Crippen LogP contribution is -2.28. The van der Waals surface area contributed by atoms with Crippen molar-refractivity contribution in [1.82, 2.24) is 10.6 Å². The van der Waals surface area contributed by atoms with Crippen molar-refractivity contribution in [2.45, 2.75) is 12.8 Å². The molecule has 0 saturated carbocycles. The van der Waals surface area contributed by atoms with Gasteiger partial charge in [-0.3, -0.25) is 9.59 Å². The third-order valence-electron chi connectivity index (χ3n) is 2.51. The minimum absolute atomic E-state index is 0.160. The number of hydrogen-bond donors (Lipinski definition) is 2. The van der Waals surface area contributed by atoms with Gasteiger partial charge in [-0.25, -0.2) is 4.39 Å². The predicted molar refractivity (Wildman–Crippen MR) is 76.3 cm³/mol. The molecule has 1 rings (SSSR count). The fraction of sp³-hybridized carbons (Fsp3) is 0.267. The van der Waals surface area contributed by atoms with E-state index in [0.717, 1.165) is 5.56 Å². The van der Waals surface area contributed by atoms with Crippen molar-refractivity contribution in [1.29, 1.82) is 5.26 Å². The largest absolute Gasteiger partial charge is 0.355 e. The summed E-state index contributed by atoms with van der Waals surface area (Å²) in [5.74, 6) is -0.905. The highest BCUT2D eigenvalue weighted by Gasteiger charge is 1.99. The monoisotopic (exact) mass is 289 g/mol. The summed E-state index contributed by atoms with van der Waals surface area (Å²) < 4.78 is 12.7. The maximum Gasteiger partial charge on any atom is 0.244 e. The number of hydrogen-bond acceptors (Lipinski definition) is 3. The molecule has 0 fully saturated rings. The molecule has 0 aromatic heterocycles. The summed E-state index contributed by atoms with van der Waals surface area (Å²) >= 11 is 0. The van der Waals surface area contributed by atoms with Crippen LogP contribution in [-0.2, 0) is 9.59 Å². The van der Waals surface area contributed by atoms with Crippen molar-refractivity contribution >= 4 is 17.9 Å². The molecule has 0 unspecified atom stereocenters. The van der Waals surface area contributed by atoms with E-state index >= 15 is 0 Å². The maximum absolute atomic E-state index is 12.7. The first-order valence-corrected chi connectivity index (χ1v) is 6.47. The normalized spacial score (nSPS) is 10.1. The van der Waals surface area contributed by atoms with Crippen molar-refractivity contribution in [2.24, 2.45) is 0 Å². The average Bonchev–Trinajstić information content (AvgIpc) is 2.46. The second-order valence-electron chi connectivity index (χ2n) is 4.21. The van der Waals surface area contributed by atoms with Crippen LogP contribution in [-0.4, -0.2) is 24.9 Å². The van der Waals surface area contributed by atoms with Crippen LogP contribution in [0.5, 0.6) is 0 Å². The van der Waals surface area contributed by atoms with Gasteiger partial charge in [-0.2, -0.15) is 5.26 Å². The molecule has 0 aliphatic rings. The molecule has 0 aliphatic heterocycles. The second kappa shape index (κ2) is 9.26. The van der Waals surface area contributed by atoms with Gasteiger partial charge in [-0.15, -0.1) is 0 Å². The molecular formula is C15H16FN3O2. The first-order chi connectivity index (χ1) is 10.1. The van der Waals surface area contributed by atoms with E-state index in [1.165, 1.54) is 18.2 Å². The number of carbonyl (C=O) groups is 2. The minimum atomic E-state index is -0.324. The van der Waals surface area contributed by atoms with Crippen molar-refractivity contribution < 1.29 is 14.0 Å². The quantitative estimate of drug-likeness (QED) is 0.587. The number of nitriles is 1. The predicted octanol–water partition coefficient (Wildman–Crippen LogP) is 1.38. The number of benzene rings is 1. The summed E-state index contributed by atoms with van der Waals surface area (Å²) in [6.07, 6.45) is 3.37. The van der Waals surface area contributed by atoms with Crippen LogP contribution in [0.25, 0.3) is 6.08 Å². The first kappa shape index (κ1) is 16.4. The van der Waals surface area contributed by atoms with Crippen LogP contribution in [0.1, 0.15) is 18.4 Å². The fourth-order valence-electron chi connectivity index (χ4n) is 1.47. The van der Waals surface area contributed by atoms with Crippen LogP contribution >= 0.6 is 0 Å². The van der Waals surface area contributed by atoms with E-state index in [1.54, 1.807) is 24.3 Å². The zero-order chi connectivity index (χ0) is 15.5. The summed E-state index contributed by atoms with van der Waals surface area (Å²) in [5.41, 5.74) is 0.732. The van der Waals surface area contributed by atoms with E-state index in [4.69, 9.17) is 5.26 Å². The molecule has 0 bridgehead atoms. The lowest BCUT2D eigenvalue weighted by molar-refractivity contribution is -0.120. The van der Waals surface area contributed by atoms with Gasteiger partial charge in [0.15, 0.2) is 0 Å². The van der Waals surface area contributed by atoms with Crippen molar-refractivity contribution in [3.05, 3.63) is 41.7 Å². The Balaban J connectivity index is 2.18. The highest BCUT2D eigenvalue weighted by molar-refractivity contribution is 5.91. The second-order valence-corrected chi connectivity index (χ2v) is 4.21. The summed E-state index contributed by atoms with van der Waals surface area (Å²) in [6.45, 7) is 0.821. The molecule has 0 saturated heterocycles. The Morgan fingerprint density at radius 3 is 2.52 bits per heavy atom. The van der Waals surface area contributed by atoms with Gasteiger partial charge in [0, 0.05) is 19.2 Å². The molecule has 1 aromatic rings. The van der Waals surface area contributed by atoms with Crippen LogP contribution in [0.15, 0.2) is 30.3 Å². The molecule has 2 amide bonds. The smallest absolute Gasteiger partial charge is 0.244 e. The average molecular weight is 289 g/mol. The standard InChI is InChI=1S/C15H16FN3O2/c16-13-5-2-12(3-6-13)4-7-14(20)18-10-1-11-19-15(21)8-9-17/h2-7H,1,8,10-11H2,(H,18,20)(H,19,21)/b7-4+. The number of nitrogens with one attached hydrogen (secondary N) is 2. The number of amides is 2. The lowest BCUT2D eigenvalue weighted by Gasteiger charge is -2.03. The molecular weight excluding hydrogens is 273 g/mol. The van der Waals surface area contributed by atoms with E-state index in [1.807, 2.05) is 0 Å². The van der Waals surface area contributed by atoms with E-state index < -0.39 is 0 Å². The van der Waals surface area contributed by atoms with Crippen LogP contribution in [0, 0.1) is 17.1 Å². The topological polar surface area (TPSA) is 82.0 Å². The molecule has 1 aromatic carbocycles. The van der Waals surface area contributed by atoms with Gasteiger partial charge in [0.25, 0.3) is 0 Å². The van der Waals surface area contributed by atoms with Crippen LogP contribution in [0.3, 0.4) is 0 Å². The van der Waals surface area contributed by atoms with Crippen molar-refractivity contribution in [3.63, 3.8) is 0 Å². The molecule has 0 spiro atoms. The molecule has 110 valence electrons. The zero-order valence-corrected chi connectivity index (χ0v) is 11.4. The summed E-state index contributed by atoms with van der Waals surface area (Å²) in [6, 6.07) is 7.54. The fourth-order valence-corrected chi connectivity index (χ4v) is 1.47. The Morgan fingerprint density at radius 1 is 1.19 bits per heavy atom. The highest BCUT2D eigenvalue weighted by Crippen LogP contribution is 2.04. The van der Waals surface area contributed by atoms with Gasteiger partial charge in [-0.05, 0) is 30.2 Å². The molecule has 6 heteroatoms. The molecule has 2 N–H and O–H groups in total. The van der Waals surface area contributed by atoms with Gasteiger partial charge >= 0.3 is 0 Å². The third kappa shape index (κ3) is 7.47. The summed E-state index contributed by atoms with van der Waals surface area (Å²) in [4.78, 5) is 22.4. The summed E-state index contributed by atoms with van der Waals surface area (Å²) in [7, 11) is 0. The SMILES string of the molecule is N#CCC(=O)NCCCNC(=O)/C=C/c1ccc(F)cc1. The Morgan fingerprint density at radius 2 is 1.86 bits per heavy atom. The van der Waals surface area contributed by atoms with Crippen LogP contribution < -0.4 is 10.6 Å². The van der Waals surface area contributed by atoms with Crippen LogP contribution in [0.4, 0.5) is 4.39 Å². The Hall–Kier alpha value is -2.68. The van der Waals surface area contributed by atoms with E-state index in [2.05, 4.69) is 10.6 Å². The number of rotatable bonds is 7. The molecule has 0 radical (unpaired) electrons. The molecule has 0 aliphatic carbocycles. The Kier molecular flexibility index (Phi) is 7.22. The summed E-state index contributed by atoms with van der Waals surface area (Å²) in [5, 5.41) is 13.5. The van der Waals surface area contributed by atoms with Gasteiger partial charge in [0.2, 0.25) is 11.8 Å². The van der Waals surface area contributed by atoms with E-state index in [9.17, 15) is 14.0 Å². The molecule has 0 atom stereocenters. The third-order valence-corrected chi connectivity index (χ3v) is 2.51. The Labute approximate surface area is 122 Å². The molecule has 21 heavy (non-hydrogen) atoms. The van der Waals surface area contributed by atoms with E-state index in [-0.39, 0.29) is 24.1 Å². The first-order valence-electron chi connectivity index (χ1n) is 6.47. The lowest BCUT2D eigenvalue weighted by atomic mass is 10.2. The Bertz CT molecular complexity index is 547. The van der Waals surface area contributed by atoms with Crippen molar-refractivity contribution in [2.75, 3.05) is 13.1 Å². The maximum atomic E-state index is 12.7. The van der Waals surface area contributed by atoms with Gasteiger partial charge in [-0.1, -0.05) is 12.1 Å². The van der Waals surface area contributed by atoms with Gasteiger partial charge in [0.1, 0.15) is 12.2 Å². The molecule has 5 nitrogen and oxygen atoms in total. The molecule has 0 heterocycles. The number of carbonyl (C=O) groups excluding carboxylic acids is 2. The van der Waals surface area contributed by atoms with E-state index in [0.29, 0.717) is 19.5 Å². The van der Waals surface area contributed by atoms with Crippen molar-refractivity contribution in [3.8, 4) is 6.07 Å². The van der Waals surface area contributed by atoms with Crippen LogP contribution in [0.2, 0.25) is 0 Å². The van der Waals surface area contributed by atoms with Gasteiger partial charge < -0.3 is 10.6 Å². The van der Waals surface area contributed by atoms with Gasteiger partial charge in [0.05, 0.1) is 6.07 Å². The zero-order valence-electron chi connectivity index (χ0n) is 11.4.